The van der Waals surface area contributed by atoms with E-state index in [-0.39, 0.29) is 11.9 Å². The zero-order valence-corrected chi connectivity index (χ0v) is 7.38. The Kier molecular flexibility index (Phi) is 1.91. The van der Waals surface area contributed by atoms with E-state index in [1.54, 1.807) is 0 Å². The summed E-state index contributed by atoms with van der Waals surface area (Å²) in [5, 5.41) is 0. The molecule has 0 bridgehead atoms. The Bertz CT molecular complexity index is 230. The van der Waals surface area contributed by atoms with Gasteiger partial charge in [-0.2, -0.15) is 0 Å². The lowest BCUT2D eigenvalue weighted by atomic mass is 9.78. The lowest BCUT2D eigenvalue weighted by Crippen LogP contribution is -2.31. The highest BCUT2D eigenvalue weighted by Crippen LogP contribution is 2.35. The van der Waals surface area contributed by atoms with Crippen molar-refractivity contribution in [2.75, 3.05) is 0 Å². The molecule has 2 rings (SSSR count). The maximum Gasteiger partial charge on any atom is 0.314 e. The van der Waals surface area contributed by atoms with Gasteiger partial charge < -0.3 is 4.74 Å². The summed E-state index contributed by atoms with van der Waals surface area (Å²) in [7, 11) is 0. The van der Waals surface area contributed by atoms with Crippen molar-refractivity contribution in [2.24, 2.45) is 11.8 Å². The SMILES string of the molecule is CC1=CC2CCCCC2C(=O)O1. The Morgan fingerprint density at radius 3 is 3.00 bits per heavy atom. The Morgan fingerprint density at radius 1 is 1.42 bits per heavy atom. The molecule has 2 heteroatoms. The van der Waals surface area contributed by atoms with Crippen LogP contribution in [0, 0.1) is 11.8 Å². The Hall–Kier alpha value is -0.790. The minimum Gasteiger partial charge on any atom is -0.431 e. The van der Waals surface area contributed by atoms with Gasteiger partial charge >= 0.3 is 5.97 Å². The second-order valence-corrected chi connectivity index (χ2v) is 3.75. The van der Waals surface area contributed by atoms with Crippen LogP contribution in [-0.2, 0) is 9.53 Å². The number of esters is 1. The summed E-state index contributed by atoms with van der Waals surface area (Å²) in [6.07, 6.45) is 6.75. The van der Waals surface area contributed by atoms with Crippen molar-refractivity contribution in [1.29, 1.82) is 0 Å². The van der Waals surface area contributed by atoms with Crippen molar-refractivity contribution in [2.45, 2.75) is 32.6 Å². The molecule has 1 saturated carbocycles. The van der Waals surface area contributed by atoms with E-state index in [4.69, 9.17) is 4.74 Å². The van der Waals surface area contributed by atoms with Crippen LogP contribution in [0.4, 0.5) is 0 Å². The van der Waals surface area contributed by atoms with Crippen LogP contribution >= 0.6 is 0 Å². The minimum atomic E-state index is -0.000278. The van der Waals surface area contributed by atoms with Crippen LogP contribution in [0.1, 0.15) is 32.6 Å². The van der Waals surface area contributed by atoms with Crippen LogP contribution in [0.2, 0.25) is 0 Å². The standard InChI is InChI=1S/C10H14O2/c1-7-6-8-4-2-3-5-9(8)10(11)12-7/h6,8-9H,2-5H2,1H3. The lowest BCUT2D eigenvalue weighted by Gasteiger charge is -2.31. The van der Waals surface area contributed by atoms with Crippen LogP contribution in [-0.4, -0.2) is 5.97 Å². The summed E-state index contributed by atoms with van der Waals surface area (Å²) in [5.74, 6) is 1.44. The summed E-state index contributed by atoms with van der Waals surface area (Å²) >= 11 is 0. The number of fused-ring (bicyclic) bond motifs is 1. The van der Waals surface area contributed by atoms with Gasteiger partial charge in [-0.15, -0.1) is 0 Å². The van der Waals surface area contributed by atoms with Gasteiger partial charge in [0.1, 0.15) is 5.76 Å². The highest BCUT2D eigenvalue weighted by molar-refractivity contribution is 5.75. The van der Waals surface area contributed by atoms with E-state index in [1.807, 2.05) is 6.92 Å². The molecule has 0 aromatic heterocycles. The second kappa shape index (κ2) is 2.92. The molecule has 0 spiro atoms. The molecule has 12 heavy (non-hydrogen) atoms. The molecular formula is C10H14O2. The zero-order chi connectivity index (χ0) is 8.55. The van der Waals surface area contributed by atoms with Gasteiger partial charge in [-0.05, 0) is 31.8 Å². The molecule has 0 amide bonds. The van der Waals surface area contributed by atoms with Gasteiger partial charge in [-0.3, -0.25) is 4.79 Å². The molecule has 2 atom stereocenters. The average molecular weight is 166 g/mol. The molecule has 0 N–H and O–H groups in total. The summed E-state index contributed by atoms with van der Waals surface area (Å²) in [6, 6.07) is 0. The van der Waals surface area contributed by atoms with Gasteiger partial charge in [0, 0.05) is 0 Å². The predicted octanol–water partition coefficient (Wildman–Crippen LogP) is 2.25. The van der Waals surface area contributed by atoms with Gasteiger partial charge in [0.15, 0.2) is 0 Å². The van der Waals surface area contributed by atoms with Crippen LogP contribution in [0.3, 0.4) is 0 Å². The fourth-order valence-corrected chi connectivity index (χ4v) is 2.22. The van der Waals surface area contributed by atoms with Gasteiger partial charge in [0.05, 0.1) is 5.92 Å². The zero-order valence-electron chi connectivity index (χ0n) is 7.38. The Balaban J connectivity index is 2.19. The minimum absolute atomic E-state index is 0.000278. The van der Waals surface area contributed by atoms with Crippen molar-refractivity contribution in [3.05, 3.63) is 11.8 Å². The lowest BCUT2D eigenvalue weighted by molar-refractivity contribution is -0.148. The Labute approximate surface area is 72.6 Å². The molecule has 2 nitrogen and oxygen atoms in total. The summed E-state index contributed by atoms with van der Waals surface area (Å²) in [6.45, 7) is 1.86. The number of ether oxygens (including phenoxy) is 1. The quantitative estimate of drug-likeness (QED) is 0.516. The fraction of sp³-hybridized carbons (Fsp3) is 0.700. The summed E-state index contributed by atoms with van der Waals surface area (Å²) in [5.41, 5.74) is 0. The fourth-order valence-electron chi connectivity index (χ4n) is 2.22. The molecule has 0 aromatic rings. The van der Waals surface area contributed by atoms with E-state index in [9.17, 15) is 4.79 Å². The van der Waals surface area contributed by atoms with Gasteiger partial charge in [0.25, 0.3) is 0 Å². The molecule has 0 saturated heterocycles. The highest BCUT2D eigenvalue weighted by Gasteiger charge is 2.34. The molecule has 1 heterocycles. The van der Waals surface area contributed by atoms with Gasteiger partial charge in [0.2, 0.25) is 0 Å². The van der Waals surface area contributed by atoms with Crippen molar-refractivity contribution < 1.29 is 9.53 Å². The van der Waals surface area contributed by atoms with E-state index in [0.717, 1.165) is 18.6 Å². The molecule has 2 aliphatic rings. The number of hydrogen-bond donors (Lipinski definition) is 0. The van der Waals surface area contributed by atoms with Crippen LogP contribution in [0.5, 0.6) is 0 Å². The third-order valence-corrected chi connectivity index (χ3v) is 2.83. The first-order chi connectivity index (χ1) is 5.77. The third kappa shape index (κ3) is 1.26. The monoisotopic (exact) mass is 166 g/mol. The second-order valence-electron chi connectivity index (χ2n) is 3.75. The van der Waals surface area contributed by atoms with E-state index in [1.165, 1.54) is 12.8 Å². The normalized spacial score (nSPS) is 35.1. The molecule has 66 valence electrons. The van der Waals surface area contributed by atoms with Gasteiger partial charge in [-0.25, -0.2) is 0 Å². The maximum absolute atomic E-state index is 11.4. The number of hydrogen-bond acceptors (Lipinski definition) is 2. The largest absolute Gasteiger partial charge is 0.431 e. The molecule has 0 aromatic carbocycles. The van der Waals surface area contributed by atoms with Crippen molar-refractivity contribution >= 4 is 5.97 Å². The molecule has 0 radical (unpaired) electrons. The van der Waals surface area contributed by atoms with E-state index >= 15 is 0 Å². The Morgan fingerprint density at radius 2 is 2.17 bits per heavy atom. The molecule has 1 fully saturated rings. The van der Waals surface area contributed by atoms with Crippen LogP contribution in [0.25, 0.3) is 0 Å². The summed E-state index contributed by atoms with van der Waals surface area (Å²) in [4.78, 5) is 11.4. The topological polar surface area (TPSA) is 26.3 Å². The first-order valence-electron chi connectivity index (χ1n) is 4.67. The highest BCUT2D eigenvalue weighted by atomic mass is 16.5. The van der Waals surface area contributed by atoms with E-state index in [0.29, 0.717) is 5.92 Å². The van der Waals surface area contributed by atoms with Crippen LogP contribution in [0.15, 0.2) is 11.8 Å². The van der Waals surface area contributed by atoms with Crippen molar-refractivity contribution in [1.82, 2.24) is 0 Å². The van der Waals surface area contributed by atoms with Crippen molar-refractivity contribution in [3.8, 4) is 0 Å². The number of carbonyl (C=O) groups is 1. The predicted molar refractivity (Wildman–Crippen MR) is 45.3 cm³/mol. The molecule has 2 unspecified atom stereocenters. The first-order valence-corrected chi connectivity index (χ1v) is 4.67. The molecular weight excluding hydrogens is 152 g/mol. The number of allylic oxidation sites excluding steroid dienone is 2. The number of cyclic esters (lactones) is 1. The molecule has 1 aliphatic heterocycles. The number of carbonyl (C=O) groups excluding carboxylic acids is 1. The van der Waals surface area contributed by atoms with E-state index in [2.05, 4.69) is 6.08 Å². The van der Waals surface area contributed by atoms with Crippen LogP contribution < -0.4 is 0 Å². The average Bonchev–Trinajstić information content (AvgIpc) is 2.04. The maximum atomic E-state index is 11.4. The number of rotatable bonds is 0. The summed E-state index contributed by atoms with van der Waals surface area (Å²) < 4.78 is 5.08. The molecule has 1 aliphatic carbocycles. The van der Waals surface area contributed by atoms with Crippen molar-refractivity contribution in [3.63, 3.8) is 0 Å². The third-order valence-electron chi connectivity index (χ3n) is 2.83. The first kappa shape index (κ1) is 7.84. The smallest absolute Gasteiger partial charge is 0.314 e. The van der Waals surface area contributed by atoms with E-state index < -0.39 is 0 Å². The van der Waals surface area contributed by atoms with Gasteiger partial charge in [-0.1, -0.05) is 12.8 Å².